The predicted molar refractivity (Wildman–Crippen MR) is 85.3 cm³/mol. The van der Waals surface area contributed by atoms with Gasteiger partial charge in [0.25, 0.3) is 0 Å². The van der Waals surface area contributed by atoms with E-state index in [-0.39, 0.29) is 11.9 Å². The van der Waals surface area contributed by atoms with Gasteiger partial charge in [0.15, 0.2) is 5.82 Å². The molecule has 2 unspecified atom stereocenters. The normalized spacial score (nSPS) is 21.3. The van der Waals surface area contributed by atoms with E-state index in [0.717, 1.165) is 43.6 Å². The fourth-order valence-corrected chi connectivity index (χ4v) is 2.83. The summed E-state index contributed by atoms with van der Waals surface area (Å²) in [6, 6.07) is 6.19. The number of aromatic nitrogens is 2. The average Bonchev–Trinajstić information content (AvgIpc) is 2.61. The second-order valence-corrected chi connectivity index (χ2v) is 5.89. The van der Waals surface area contributed by atoms with Crippen molar-refractivity contribution in [3.63, 3.8) is 0 Å². The van der Waals surface area contributed by atoms with Crippen molar-refractivity contribution in [1.82, 2.24) is 9.97 Å². The van der Waals surface area contributed by atoms with Gasteiger partial charge in [-0.05, 0) is 49.4 Å². The molecule has 0 radical (unpaired) electrons. The lowest BCUT2D eigenvalue weighted by Crippen LogP contribution is -2.22. The lowest BCUT2D eigenvalue weighted by atomic mass is 9.94. The summed E-state index contributed by atoms with van der Waals surface area (Å²) in [5.41, 5.74) is 1.81. The van der Waals surface area contributed by atoms with E-state index in [9.17, 15) is 4.39 Å². The number of halogens is 1. The highest BCUT2D eigenvalue weighted by atomic mass is 19.1. The summed E-state index contributed by atoms with van der Waals surface area (Å²) in [5, 5.41) is 0. The van der Waals surface area contributed by atoms with Gasteiger partial charge in [0.05, 0.1) is 12.7 Å². The van der Waals surface area contributed by atoms with Gasteiger partial charge in [0.2, 0.25) is 0 Å². The zero-order chi connectivity index (χ0) is 16.1. The van der Waals surface area contributed by atoms with E-state index in [1.54, 1.807) is 19.2 Å². The highest BCUT2D eigenvalue weighted by molar-refractivity contribution is 5.54. The Labute approximate surface area is 135 Å². The smallest absolute Gasteiger partial charge is 0.159 e. The number of hydrogen-bond acceptors (Lipinski definition) is 4. The lowest BCUT2D eigenvalue weighted by Gasteiger charge is -2.28. The maximum Gasteiger partial charge on any atom is 0.159 e. The fourth-order valence-electron chi connectivity index (χ4n) is 2.83. The molecule has 1 aliphatic heterocycles. The first kappa shape index (κ1) is 16.0. The average molecular weight is 316 g/mol. The van der Waals surface area contributed by atoms with Crippen LogP contribution in [0.3, 0.4) is 0 Å². The Kier molecular flexibility index (Phi) is 5.31. The molecule has 23 heavy (non-hydrogen) atoms. The summed E-state index contributed by atoms with van der Waals surface area (Å²) < 4.78 is 24.0. The summed E-state index contributed by atoms with van der Waals surface area (Å²) >= 11 is 0. The van der Waals surface area contributed by atoms with Crippen LogP contribution in [0.25, 0.3) is 11.4 Å². The monoisotopic (exact) mass is 316 g/mol. The van der Waals surface area contributed by atoms with Gasteiger partial charge in [-0.2, -0.15) is 0 Å². The molecule has 1 fully saturated rings. The maximum absolute atomic E-state index is 13.0. The molecule has 1 aliphatic rings. The Morgan fingerprint density at radius 1 is 1.17 bits per heavy atom. The van der Waals surface area contributed by atoms with Gasteiger partial charge in [0.1, 0.15) is 5.82 Å². The fraction of sp³-hybridized carbons (Fsp3) is 0.444. The maximum atomic E-state index is 13.0. The van der Waals surface area contributed by atoms with E-state index >= 15 is 0 Å². The lowest BCUT2D eigenvalue weighted by molar-refractivity contribution is -0.0247. The molecule has 2 atom stereocenters. The zero-order valence-corrected chi connectivity index (χ0v) is 13.2. The van der Waals surface area contributed by atoms with Gasteiger partial charge in [-0.3, -0.25) is 0 Å². The van der Waals surface area contributed by atoms with E-state index in [2.05, 4.69) is 9.97 Å². The van der Waals surface area contributed by atoms with Crippen LogP contribution in [0, 0.1) is 11.7 Å². The minimum atomic E-state index is -0.260. The highest BCUT2D eigenvalue weighted by Crippen LogP contribution is 2.31. The molecule has 1 saturated heterocycles. The van der Waals surface area contributed by atoms with E-state index in [4.69, 9.17) is 9.47 Å². The highest BCUT2D eigenvalue weighted by Gasteiger charge is 2.23. The van der Waals surface area contributed by atoms with Crippen LogP contribution in [0.5, 0.6) is 0 Å². The predicted octanol–water partition coefficient (Wildman–Crippen LogP) is 3.79. The van der Waals surface area contributed by atoms with Crippen molar-refractivity contribution in [3.05, 3.63) is 48.0 Å². The van der Waals surface area contributed by atoms with Gasteiger partial charge < -0.3 is 9.47 Å². The first-order chi connectivity index (χ1) is 11.3. The van der Waals surface area contributed by atoms with E-state index in [0.29, 0.717) is 11.7 Å². The van der Waals surface area contributed by atoms with Crippen LogP contribution in [0.4, 0.5) is 4.39 Å². The number of hydrogen-bond donors (Lipinski definition) is 0. The molecule has 0 amide bonds. The van der Waals surface area contributed by atoms with Gasteiger partial charge in [-0.15, -0.1) is 0 Å². The summed E-state index contributed by atoms with van der Waals surface area (Å²) in [6.45, 7) is 1.54. The van der Waals surface area contributed by atoms with Gasteiger partial charge in [-0.25, -0.2) is 14.4 Å². The Morgan fingerprint density at radius 2 is 1.91 bits per heavy atom. The van der Waals surface area contributed by atoms with Crippen molar-refractivity contribution in [1.29, 1.82) is 0 Å². The van der Waals surface area contributed by atoms with Crippen molar-refractivity contribution >= 4 is 0 Å². The molecular formula is C18H21FN2O2. The molecule has 4 nitrogen and oxygen atoms in total. The largest absolute Gasteiger partial charge is 0.385 e. The van der Waals surface area contributed by atoms with Gasteiger partial charge >= 0.3 is 0 Å². The van der Waals surface area contributed by atoms with Crippen LogP contribution in [0.1, 0.15) is 30.9 Å². The molecule has 2 heterocycles. The quantitative estimate of drug-likeness (QED) is 0.842. The standard InChI is InChI=1S/C18H21FN2O2/c1-22-9-8-13-2-7-17(23-12-13)15-10-20-18(21-11-15)14-3-5-16(19)6-4-14/h3-6,10-11,13,17H,2,7-9,12H2,1H3. The van der Waals surface area contributed by atoms with E-state index in [1.165, 1.54) is 12.1 Å². The van der Waals surface area contributed by atoms with Crippen LogP contribution in [0.15, 0.2) is 36.7 Å². The van der Waals surface area contributed by atoms with E-state index < -0.39 is 0 Å². The third-order valence-electron chi connectivity index (χ3n) is 4.25. The molecule has 122 valence electrons. The minimum absolute atomic E-state index is 0.0658. The first-order valence-electron chi connectivity index (χ1n) is 7.94. The molecule has 3 rings (SSSR count). The molecule has 1 aromatic heterocycles. The van der Waals surface area contributed by atoms with Gasteiger partial charge in [-0.1, -0.05) is 0 Å². The summed E-state index contributed by atoms with van der Waals surface area (Å²) in [5.74, 6) is 0.914. The molecule has 2 aromatic rings. The molecular weight excluding hydrogens is 295 g/mol. The molecule has 0 bridgehead atoms. The van der Waals surface area contributed by atoms with Gasteiger partial charge in [0, 0.05) is 37.2 Å². The molecule has 0 aliphatic carbocycles. The minimum Gasteiger partial charge on any atom is -0.385 e. The second kappa shape index (κ2) is 7.62. The van der Waals surface area contributed by atoms with Crippen molar-refractivity contribution in [2.75, 3.05) is 20.3 Å². The van der Waals surface area contributed by atoms with Crippen molar-refractivity contribution in [3.8, 4) is 11.4 Å². The molecule has 1 aromatic carbocycles. The molecule has 0 spiro atoms. The van der Waals surface area contributed by atoms with Crippen LogP contribution in [0.2, 0.25) is 0 Å². The first-order valence-corrected chi connectivity index (χ1v) is 7.94. The Balaban J connectivity index is 1.61. The van der Waals surface area contributed by atoms with Crippen molar-refractivity contribution in [2.45, 2.75) is 25.4 Å². The number of ether oxygens (including phenoxy) is 2. The number of methoxy groups -OCH3 is 1. The number of rotatable bonds is 5. The van der Waals surface area contributed by atoms with Crippen molar-refractivity contribution in [2.24, 2.45) is 5.92 Å². The van der Waals surface area contributed by atoms with Crippen LogP contribution < -0.4 is 0 Å². The Hall–Kier alpha value is -1.85. The Bertz CT molecular complexity index is 608. The summed E-state index contributed by atoms with van der Waals surface area (Å²) in [7, 11) is 1.73. The summed E-state index contributed by atoms with van der Waals surface area (Å²) in [4.78, 5) is 8.78. The topological polar surface area (TPSA) is 44.2 Å². The third-order valence-corrected chi connectivity index (χ3v) is 4.25. The zero-order valence-electron chi connectivity index (χ0n) is 13.2. The third kappa shape index (κ3) is 4.12. The molecule has 0 saturated carbocycles. The Morgan fingerprint density at radius 3 is 2.52 bits per heavy atom. The van der Waals surface area contributed by atoms with E-state index in [1.807, 2.05) is 12.4 Å². The number of benzene rings is 1. The summed E-state index contributed by atoms with van der Waals surface area (Å²) in [6.07, 6.45) is 6.85. The van der Waals surface area contributed by atoms with Crippen LogP contribution >= 0.6 is 0 Å². The number of nitrogens with zero attached hydrogens (tertiary/aromatic N) is 2. The SMILES string of the molecule is COCCC1CCC(c2cnc(-c3ccc(F)cc3)nc2)OC1. The molecule has 5 heteroatoms. The molecule has 0 N–H and O–H groups in total. The second-order valence-electron chi connectivity index (χ2n) is 5.89. The van der Waals surface area contributed by atoms with Crippen LogP contribution in [-0.2, 0) is 9.47 Å². The van der Waals surface area contributed by atoms with Crippen LogP contribution in [-0.4, -0.2) is 30.3 Å². The van der Waals surface area contributed by atoms with Crippen molar-refractivity contribution < 1.29 is 13.9 Å².